The van der Waals surface area contributed by atoms with Crippen molar-refractivity contribution in [3.8, 4) is 11.5 Å². The number of hydrogen-bond acceptors (Lipinski definition) is 5. The maximum atomic E-state index is 12.1. The predicted molar refractivity (Wildman–Crippen MR) is 104 cm³/mol. The first-order valence-corrected chi connectivity index (χ1v) is 9.41. The van der Waals surface area contributed by atoms with Gasteiger partial charge >= 0.3 is 5.97 Å². The van der Waals surface area contributed by atoms with Crippen LogP contribution in [0.15, 0.2) is 30.5 Å². The van der Waals surface area contributed by atoms with Crippen molar-refractivity contribution in [2.24, 2.45) is 0 Å². The van der Waals surface area contributed by atoms with Gasteiger partial charge < -0.3 is 19.5 Å². The Morgan fingerprint density at radius 3 is 2.82 bits per heavy atom. The number of aromatic nitrogens is 1. The lowest BCUT2D eigenvalue weighted by Gasteiger charge is -2.30. The molecule has 2 heterocycles. The molecule has 7 nitrogen and oxygen atoms in total. The molecule has 3 rings (SSSR count). The predicted octanol–water partition coefficient (Wildman–Crippen LogP) is 4.12. The zero-order chi connectivity index (χ0) is 20.3. The van der Waals surface area contributed by atoms with E-state index in [1.807, 2.05) is 6.92 Å². The van der Waals surface area contributed by atoms with Gasteiger partial charge in [-0.15, -0.1) is 0 Å². The molecule has 1 aromatic carbocycles. The highest BCUT2D eigenvalue weighted by Crippen LogP contribution is 2.42. The van der Waals surface area contributed by atoms with Crippen LogP contribution in [0.5, 0.6) is 11.5 Å². The lowest BCUT2D eigenvalue weighted by Crippen LogP contribution is -2.40. The molecule has 0 saturated heterocycles. The third-order valence-electron chi connectivity index (χ3n) is 4.23. The average Bonchev–Trinajstić information content (AvgIpc) is 2.66. The number of carbonyl (C=O) groups excluding carboxylic acids is 1. The van der Waals surface area contributed by atoms with E-state index in [-0.39, 0.29) is 36.6 Å². The van der Waals surface area contributed by atoms with Crippen LogP contribution in [0.4, 0.5) is 5.69 Å². The van der Waals surface area contributed by atoms with Gasteiger partial charge in [0.2, 0.25) is 0 Å². The van der Waals surface area contributed by atoms with Gasteiger partial charge in [0.05, 0.1) is 27.8 Å². The number of benzene rings is 1. The number of pyridine rings is 1. The molecule has 0 saturated carbocycles. The summed E-state index contributed by atoms with van der Waals surface area (Å²) in [6, 6.07) is 6.68. The Bertz CT molecular complexity index is 889. The third-order valence-corrected chi connectivity index (χ3v) is 4.74. The number of fused-ring (bicyclic) bond motifs is 1. The fourth-order valence-electron chi connectivity index (χ4n) is 2.83. The zero-order valence-electron chi connectivity index (χ0n) is 15.0. The van der Waals surface area contributed by atoms with Crippen LogP contribution in [0, 0.1) is 0 Å². The summed E-state index contributed by atoms with van der Waals surface area (Å²) in [4.78, 5) is 28.6. The summed E-state index contributed by atoms with van der Waals surface area (Å²) < 4.78 is 11.5. The van der Waals surface area contributed by atoms with Gasteiger partial charge in [-0.05, 0) is 24.6 Å². The summed E-state index contributed by atoms with van der Waals surface area (Å²) >= 11 is 12.3. The topological polar surface area (TPSA) is 89.0 Å². The molecule has 1 aliphatic heterocycles. The summed E-state index contributed by atoms with van der Waals surface area (Å²) in [5.41, 5.74) is 1.13. The van der Waals surface area contributed by atoms with E-state index in [4.69, 9.17) is 37.8 Å². The van der Waals surface area contributed by atoms with Gasteiger partial charge in [0.15, 0.2) is 6.61 Å². The molecule has 0 aliphatic carbocycles. The molecule has 1 atom stereocenters. The molecule has 0 spiro atoms. The Morgan fingerprint density at radius 2 is 2.18 bits per heavy atom. The number of carbonyl (C=O) groups is 2. The summed E-state index contributed by atoms with van der Waals surface area (Å²) in [5.74, 6) is -0.525. The van der Waals surface area contributed by atoms with Crippen LogP contribution in [-0.2, 0) is 9.59 Å². The Labute approximate surface area is 171 Å². The number of aliphatic carboxylic acids is 1. The Kier molecular flexibility index (Phi) is 6.26. The smallest absolute Gasteiger partial charge is 0.305 e. The minimum atomic E-state index is -0.992. The van der Waals surface area contributed by atoms with Gasteiger partial charge in [0.1, 0.15) is 17.6 Å². The summed E-state index contributed by atoms with van der Waals surface area (Å²) in [7, 11) is 0. The van der Waals surface area contributed by atoms with E-state index in [9.17, 15) is 9.59 Å². The van der Waals surface area contributed by atoms with E-state index in [1.54, 1.807) is 30.5 Å². The summed E-state index contributed by atoms with van der Waals surface area (Å²) in [6.07, 6.45) is 1.67. The molecule has 1 amide bonds. The minimum Gasteiger partial charge on any atom is -0.482 e. The minimum absolute atomic E-state index is 0.0351. The van der Waals surface area contributed by atoms with E-state index in [0.717, 1.165) is 0 Å². The first-order chi connectivity index (χ1) is 13.4. The first-order valence-electron chi connectivity index (χ1n) is 8.65. The number of ether oxygens (including phenoxy) is 2. The largest absolute Gasteiger partial charge is 0.482 e. The van der Waals surface area contributed by atoms with Crippen LogP contribution in [0.1, 0.15) is 31.6 Å². The van der Waals surface area contributed by atoms with Crippen molar-refractivity contribution >= 4 is 40.8 Å². The van der Waals surface area contributed by atoms with E-state index < -0.39 is 5.97 Å². The molecule has 0 fully saturated rings. The van der Waals surface area contributed by atoms with Gasteiger partial charge in [0, 0.05) is 18.8 Å². The molecule has 1 aromatic heterocycles. The monoisotopic (exact) mass is 424 g/mol. The molecular weight excluding hydrogens is 407 g/mol. The molecule has 1 aliphatic rings. The third kappa shape index (κ3) is 4.48. The first kappa shape index (κ1) is 20.2. The maximum absolute atomic E-state index is 12.1. The summed E-state index contributed by atoms with van der Waals surface area (Å²) in [5, 5.41) is 9.71. The Balaban J connectivity index is 1.86. The highest BCUT2D eigenvalue weighted by Gasteiger charge is 2.28. The van der Waals surface area contributed by atoms with Crippen LogP contribution in [0.25, 0.3) is 0 Å². The Hall–Kier alpha value is -2.51. The highest BCUT2D eigenvalue weighted by atomic mass is 35.5. The van der Waals surface area contributed by atoms with Crippen LogP contribution in [-0.4, -0.2) is 35.1 Å². The lowest BCUT2D eigenvalue weighted by atomic mass is 10.1. The second kappa shape index (κ2) is 8.67. The molecule has 9 heteroatoms. The normalized spacial score (nSPS) is 14.2. The SMILES string of the molecule is CCC(Oc1cc2c(cc1Cl)N(CCC(=O)O)C(=O)CO2)c1ccc(Cl)cn1. The fourth-order valence-corrected chi connectivity index (χ4v) is 3.14. The van der Waals surface area contributed by atoms with Crippen LogP contribution >= 0.6 is 23.2 Å². The lowest BCUT2D eigenvalue weighted by molar-refractivity contribution is -0.136. The van der Waals surface area contributed by atoms with Crippen LogP contribution < -0.4 is 14.4 Å². The van der Waals surface area contributed by atoms with E-state index in [1.165, 1.54) is 4.90 Å². The van der Waals surface area contributed by atoms with Crippen molar-refractivity contribution in [3.63, 3.8) is 0 Å². The fraction of sp³-hybridized carbons (Fsp3) is 0.316. The van der Waals surface area contributed by atoms with Crippen molar-refractivity contribution in [2.45, 2.75) is 25.9 Å². The maximum Gasteiger partial charge on any atom is 0.305 e. The van der Waals surface area contributed by atoms with Crippen LogP contribution in [0.3, 0.4) is 0 Å². The number of hydrogen-bond donors (Lipinski definition) is 1. The number of anilines is 1. The van der Waals surface area contributed by atoms with Crippen molar-refractivity contribution < 1.29 is 24.2 Å². The van der Waals surface area contributed by atoms with E-state index in [0.29, 0.717) is 34.3 Å². The van der Waals surface area contributed by atoms with Crippen molar-refractivity contribution in [3.05, 3.63) is 46.2 Å². The molecule has 0 bridgehead atoms. The quantitative estimate of drug-likeness (QED) is 0.718. The molecule has 1 N–H and O–H groups in total. The Morgan fingerprint density at radius 1 is 1.39 bits per heavy atom. The average molecular weight is 425 g/mol. The number of carboxylic acid groups (broad SMARTS) is 1. The van der Waals surface area contributed by atoms with Crippen molar-refractivity contribution in [2.75, 3.05) is 18.1 Å². The van der Waals surface area contributed by atoms with Crippen molar-refractivity contribution in [1.82, 2.24) is 4.98 Å². The second-order valence-corrected chi connectivity index (χ2v) is 6.99. The molecule has 1 unspecified atom stereocenters. The van der Waals surface area contributed by atoms with E-state index >= 15 is 0 Å². The molecule has 0 radical (unpaired) electrons. The number of rotatable bonds is 7. The number of halogens is 2. The standard InChI is InChI=1S/C19H18Cl2N2O5/c1-2-15(13-4-3-11(20)9-22-13)28-16-8-17-14(7-12(16)21)23(6-5-19(25)26)18(24)10-27-17/h3-4,7-9,15H,2,5-6,10H2,1H3,(H,25,26). The van der Waals surface area contributed by atoms with Gasteiger partial charge in [-0.25, -0.2) is 0 Å². The molecule has 148 valence electrons. The van der Waals surface area contributed by atoms with Gasteiger partial charge in [0.25, 0.3) is 5.91 Å². The van der Waals surface area contributed by atoms with Gasteiger partial charge in [-0.3, -0.25) is 14.6 Å². The molecule has 2 aromatic rings. The van der Waals surface area contributed by atoms with Gasteiger partial charge in [-0.1, -0.05) is 30.1 Å². The van der Waals surface area contributed by atoms with Crippen molar-refractivity contribution in [1.29, 1.82) is 0 Å². The zero-order valence-corrected chi connectivity index (χ0v) is 16.5. The highest BCUT2D eigenvalue weighted by molar-refractivity contribution is 6.32. The molecular formula is C19H18Cl2N2O5. The van der Waals surface area contributed by atoms with Crippen LogP contribution in [0.2, 0.25) is 10.0 Å². The molecule has 28 heavy (non-hydrogen) atoms. The second-order valence-electron chi connectivity index (χ2n) is 6.14. The number of amides is 1. The van der Waals surface area contributed by atoms with E-state index in [2.05, 4.69) is 4.98 Å². The number of nitrogens with zero attached hydrogens (tertiary/aromatic N) is 2. The number of carboxylic acids is 1. The van der Waals surface area contributed by atoms with Gasteiger partial charge in [-0.2, -0.15) is 0 Å². The summed E-state index contributed by atoms with van der Waals surface area (Å²) in [6.45, 7) is 1.81.